The first-order valence-corrected chi connectivity index (χ1v) is 13.1. The van der Waals surface area contributed by atoms with Crippen molar-refractivity contribution in [2.45, 2.75) is 36.7 Å². The molecular formula is C32H27N3O2. The first-order valence-electron chi connectivity index (χ1n) is 13.1. The molecule has 0 amide bonds. The van der Waals surface area contributed by atoms with Crippen LogP contribution in [0.5, 0.6) is 11.5 Å². The number of hydrogen-bond donors (Lipinski definition) is 2. The smallest absolute Gasteiger partial charge is 0.132 e. The molecule has 2 aromatic carbocycles. The van der Waals surface area contributed by atoms with E-state index < -0.39 is 5.41 Å². The van der Waals surface area contributed by atoms with Gasteiger partial charge in [0.15, 0.2) is 0 Å². The second-order valence-electron chi connectivity index (χ2n) is 10.3. The van der Waals surface area contributed by atoms with E-state index in [9.17, 15) is 0 Å². The van der Waals surface area contributed by atoms with Gasteiger partial charge in [-0.25, -0.2) is 0 Å². The first kappa shape index (κ1) is 20.9. The van der Waals surface area contributed by atoms with Crippen LogP contribution < -0.4 is 10.1 Å². The maximum atomic E-state index is 6.80. The Morgan fingerprint density at radius 2 is 1.97 bits per heavy atom. The zero-order chi connectivity index (χ0) is 24.4. The highest BCUT2D eigenvalue weighted by Crippen LogP contribution is 2.61. The molecule has 0 radical (unpaired) electrons. The van der Waals surface area contributed by atoms with E-state index in [-0.39, 0.29) is 12.0 Å². The van der Waals surface area contributed by atoms with Crippen molar-refractivity contribution in [3.8, 4) is 11.5 Å². The number of allylic oxidation sites excluding steroid dienone is 6. The lowest BCUT2D eigenvalue weighted by Crippen LogP contribution is -2.45. The van der Waals surface area contributed by atoms with Crippen LogP contribution in [0.4, 0.5) is 0 Å². The van der Waals surface area contributed by atoms with Crippen LogP contribution in [0.25, 0.3) is 5.70 Å². The largest absolute Gasteiger partial charge is 0.490 e. The third-order valence-corrected chi connectivity index (χ3v) is 8.37. The van der Waals surface area contributed by atoms with E-state index in [4.69, 9.17) is 9.47 Å². The fraction of sp³-hybridized carbons (Fsp3) is 0.219. The highest BCUT2D eigenvalue weighted by atomic mass is 16.5. The van der Waals surface area contributed by atoms with Gasteiger partial charge in [0.2, 0.25) is 0 Å². The molecule has 37 heavy (non-hydrogen) atoms. The van der Waals surface area contributed by atoms with E-state index in [0.717, 1.165) is 48.8 Å². The average Bonchev–Trinajstić information content (AvgIpc) is 3.68. The number of ether oxygens (including phenoxy) is 2. The Morgan fingerprint density at radius 1 is 1.03 bits per heavy atom. The van der Waals surface area contributed by atoms with Gasteiger partial charge in [-0.2, -0.15) is 5.10 Å². The number of aromatic nitrogens is 2. The van der Waals surface area contributed by atoms with Gasteiger partial charge in [0.1, 0.15) is 23.4 Å². The van der Waals surface area contributed by atoms with Crippen LogP contribution in [-0.2, 0) is 10.2 Å². The quantitative estimate of drug-likeness (QED) is 0.440. The number of aromatic amines is 1. The maximum Gasteiger partial charge on any atom is 0.132 e. The molecule has 0 fully saturated rings. The van der Waals surface area contributed by atoms with Crippen molar-refractivity contribution >= 4 is 5.70 Å². The molecule has 1 spiro atoms. The van der Waals surface area contributed by atoms with Crippen molar-refractivity contribution in [3.05, 3.63) is 130 Å². The lowest BCUT2D eigenvalue weighted by atomic mass is 9.58. The summed E-state index contributed by atoms with van der Waals surface area (Å²) in [6, 6.07) is 17.3. The molecule has 3 aliphatic heterocycles. The van der Waals surface area contributed by atoms with Crippen molar-refractivity contribution in [1.82, 2.24) is 15.5 Å². The lowest BCUT2D eigenvalue weighted by molar-refractivity contribution is 0.107. The summed E-state index contributed by atoms with van der Waals surface area (Å²) < 4.78 is 13.4. The summed E-state index contributed by atoms with van der Waals surface area (Å²) >= 11 is 0. The summed E-state index contributed by atoms with van der Waals surface area (Å²) in [6.07, 6.45) is 18.0. The van der Waals surface area contributed by atoms with Gasteiger partial charge in [0.05, 0.1) is 5.41 Å². The van der Waals surface area contributed by atoms with Crippen LogP contribution in [0, 0.1) is 0 Å². The number of fused-ring (bicyclic) bond motifs is 7. The Labute approximate surface area is 215 Å². The van der Waals surface area contributed by atoms with Crippen molar-refractivity contribution in [2.24, 2.45) is 0 Å². The van der Waals surface area contributed by atoms with E-state index in [1.165, 1.54) is 33.5 Å². The van der Waals surface area contributed by atoms with Crippen molar-refractivity contribution in [3.63, 3.8) is 0 Å². The van der Waals surface area contributed by atoms with Crippen LogP contribution >= 0.6 is 0 Å². The predicted octanol–water partition coefficient (Wildman–Crippen LogP) is 6.42. The van der Waals surface area contributed by atoms with Gasteiger partial charge >= 0.3 is 0 Å². The lowest BCUT2D eigenvalue weighted by Gasteiger charge is -2.50. The van der Waals surface area contributed by atoms with Gasteiger partial charge in [-0.3, -0.25) is 5.10 Å². The normalized spacial score (nSPS) is 26.7. The van der Waals surface area contributed by atoms with Gasteiger partial charge in [-0.15, -0.1) is 0 Å². The number of nitrogens with one attached hydrogen (secondary N) is 2. The average molecular weight is 486 g/mol. The molecule has 8 rings (SSSR count). The first-order chi connectivity index (χ1) is 18.3. The molecular weight excluding hydrogens is 458 g/mol. The zero-order valence-corrected chi connectivity index (χ0v) is 20.4. The molecule has 4 heterocycles. The fourth-order valence-corrected chi connectivity index (χ4v) is 6.76. The van der Waals surface area contributed by atoms with Gasteiger partial charge in [-0.1, -0.05) is 66.8 Å². The molecule has 3 aromatic rings. The molecule has 5 nitrogen and oxygen atoms in total. The molecule has 5 aliphatic rings. The zero-order valence-electron chi connectivity index (χ0n) is 20.4. The summed E-state index contributed by atoms with van der Waals surface area (Å²) in [5.41, 5.74) is 7.84. The van der Waals surface area contributed by atoms with E-state index >= 15 is 0 Å². The third-order valence-electron chi connectivity index (χ3n) is 8.37. The van der Waals surface area contributed by atoms with Gasteiger partial charge in [0.25, 0.3) is 0 Å². The summed E-state index contributed by atoms with van der Waals surface area (Å²) in [5.74, 6) is 3.09. The van der Waals surface area contributed by atoms with E-state index in [2.05, 4.69) is 101 Å². The number of para-hydroxylation sites is 1. The summed E-state index contributed by atoms with van der Waals surface area (Å²) in [4.78, 5) is 0. The topological polar surface area (TPSA) is 59.2 Å². The van der Waals surface area contributed by atoms with Gasteiger partial charge in [0, 0.05) is 65.2 Å². The highest BCUT2D eigenvalue weighted by molar-refractivity contribution is 5.75. The fourth-order valence-electron chi connectivity index (χ4n) is 6.76. The SMILES string of the molecule is C1=CCC2OC3=C(C=CC(c4ccn[nH]4)C3)C3(C2=C1)c1ccccc1Oc1cc(C2=CCCN2)ccc13. The molecule has 182 valence electrons. The van der Waals surface area contributed by atoms with E-state index in [0.29, 0.717) is 0 Å². The van der Waals surface area contributed by atoms with E-state index in [1.807, 2.05) is 6.20 Å². The van der Waals surface area contributed by atoms with Crippen LogP contribution in [0.3, 0.4) is 0 Å². The second kappa shape index (κ2) is 7.87. The summed E-state index contributed by atoms with van der Waals surface area (Å²) in [6.45, 7) is 0.983. The summed E-state index contributed by atoms with van der Waals surface area (Å²) in [7, 11) is 0. The minimum absolute atomic E-state index is 0.0180. The second-order valence-corrected chi connectivity index (χ2v) is 10.3. The van der Waals surface area contributed by atoms with Crippen LogP contribution in [0.1, 0.15) is 47.6 Å². The molecule has 1 aromatic heterocycles. The number of rotatable bonds is 2. The molecule has 3 atom stereocenters. The van der Waals surface area contributed by atoms with Crippen LogP contribution in [0.15, 0.2) is 108 Å². The predicted molar refractivity (Wildman–Crippen MR) is 143 cm³/mol. The van der Waals surface area contributed by atoms with Gasteiger partial charge < -0.3 is 14.8 Å². The Bertz CT molecular complexity index is 1570. The Balaban J connectivity index is 1.39. The number of nitrogens with zero attached hydrogens (tertiary/aromatic N) is 1. The minimum atomic E-state index is -0.474. The summed E-state index contributed by atoms with van der Waals surface area (Å²) in [5, 5.41) is 10.9. The minimum Gasteiger partial charge on any atom is -0.490 e. The van der Waals surface area contributed by atoms with E-state index in [1.54, 1.807) is 0 Å². The van der Waals surface area contributed by atoms with Crippen molar-refractivity contribution < 1.29 is 9.47 Å². The molecule has 2 N–H and O–H groups in total. The molecule has 3 unspecified atom stereocenters. The molecule has 0 saturated carbocycles. The molecule has 0 bridgehead atoms. The molecule has 5 heteroatoms. The number of H-pyrrole nitrogens is 1. The van der Waals surface area contributed by atoms with Gasteiger partial charge in [-0.05, 0) is 30.2 Å². The van der Waals surface area contributed by atoms with Crippen LogP contribution in [-0.4, -0.2) is 22.8 Å². The van der Waals surface area contributed by atoms with Crippen molar-refractivity contribution in [1.29, 1.82) is 0 Å². The molecule has 2 aliphatic carbocycles. The van der Waals surface area contributed by atoms with Crippen molar-refractivity contribution in [2.75, 3.05) is 6.54 Å². The Kier molecular flexibility index (Phi) is 4.45. The van der Waals surface area contributed by atoms with Crippen LogP contribution in [0.2, 0.25) is 0 Å². The third kappa shape index (κ3) is 2.94. The Hall–Kier alpha value is -4.25. The highest BCUT2D eigenvalue weighted by Gasteiger charge is 2.54. The molecule has 0 saturated heterocycles. The number of hydrogen-bond acceptors (Lipinski definition) is 4. The standard InChI is InChI=1S/C32H27N3O2/c1-3-9-28-22(6-1)32(24-13-11-20(18-30(24)36-28)26-8-5-16-33-26)23-7-2-4-10-29(23)37-31-19-21(12-14-25(31)32)27-15-17-34-35-27/h1-4,6-9,11-15,17-18,21,29,33H,5,10,16,19H2,(H,34,35). The monoisotopic (exact) mass is 485 g/mol. The maximum absolute atomic E-state index is 6.80. The Morgan fingerprint density at radius 3 is 2.86 bits per heavy atom. The number of benzene rings is 2.